The van der Waals surface area contributed by atoms with Crippen molar-refractivity contribution in [3.8, 4) is 0 Å². The third kappa shape index (κ3) is 1.63. The topological polar surface area (TPSA) is 26.0 Å². The maximum absolute atomic E-state index is 6.36. The highest BCUT2D eigenvalue weighted by Crippen LogP contribution is 2.54. The molecule has 76 valence electrons. The van der Waals surface area contributed by atoms with Crippen LogP contribution in [0.3, 0.4) is 0 Å². The second kappa shape index (κ2) is 3.27. The van der Waals surface area contributed by atoms with E-state index in [9.17, 15) is 0 Å². The molecule has 2 rings (SSSR count). The summed E-state index contributed by atoms with van der Waals surface area (Å²) in [6.07, 6.45) is 8.58. The second-order valence-electron chi connectivity index (χ2n) is 5.48. The molecule has 0 amide bonds. The minimum atomic E-state index is 0.224. The summed E-state index contributed by atoms with van der Waals surface area (Å²) in [4.78, 5) is 0. The fourth-order valence-electron chi connectivity index (χ4n) is 3.13. The number of hydrogen-bond donors (Lipinski definition) is 1. The first-order valence-corrected chi connectivity index (χ1v) is 5.93. The Morgan fingerprint density at radius 2 is 1.77 bits per heavy atom. The molecule has 2 N–H and O–H groups in total. The van der Waals surface area contributed by atoms with Gasteiger partial charge in [0.15, 0.2) is 0 Å². The Labute approximate surface area is 82.1 Å². The summed E-state index contributed by atoms with van der Waals surface area (Å²) in [5, 5.41) is 0. The summed E-state index contributed by atoms with van der Waals surface area (Å²) in [5.74, 6) is 2.52. The Hall–Kier alpha value is -0.0400. The van der Waals surface area contributed by atoms with Gasteiger partial charge in [-0.25, -0.2) is 0 Å². The van der Waals surface area contributed by atoms with Gasteiger partial charge >= 0.3 is 0 Å². The van der Waals surface area contributed by atoms with Crippen LogP contribution in [0.5, 0.6) is 0 Å². The van der Waals surface area contributed by atoms with Crippen LogP contribution >= 0.6 is 0 Å². The summed E-state index contributed by atoms with van der Waals surface area (Å²) in [7, 11) is 0. The van der Waals surface area contributed by atoms with Crippen LogP contribution in [-0.4, -0.2) is 5.54 Å². The molecule has 0 radical (unpaired) electrons. The number of nitrogens with two attached hydrogens (primary N) is 1. The molecule has 0 aromatic carbocycles. The van der Waals surface area contributed by atoms with Crippen LogP contribution in [0.15, 0.2) is 0 Å². The maximum Gasteiger partial charge on any atom is 0.0212 e. The van der Waals surface area contributed by atoms with Gasteiger partial charge in [-0.05, 0) is 24.2 Å². The van der Waals surface area contributed by atoms with Gasteiger partial charge in [0, 0.05) is 5.54 Å². The molecule has 2 saturated carbocycles. The molecule has 13 heavy (non-hydrogen) atoms. The van der Waals surface area contributed by atoms with Gasteiger partial charge in [-0.3, -0.25) is 0 Å². The Morgan fingerprint density at radius 3 is 2.23 bits per heavy atom. The summed E-state index contributed by atoms with van der Waals surface area (Å²) in [6.45, 7) is 4.56. The fourth-order valence-corrected chi connectivity index (χ4v) is 3.13. The van der Waals surface area contributed by atoms with Crippen LogP contribution in [0.4, 0.5) is 0 Å². The quantitative estimate of drug-likeness (QED) is 0.696. The molecule has 2 fully saturated rings. The molecular formula is C12H23N. The fraction of sp³-hybridized carbons (Fsp3) is 1.00. The van der Waals surface area contributed by atoms with E-state index >= 15 is 0 Å². The van der Waals surface area contributed by atoms with Crippen LogP contribution in [0.25, 0.3) is 0 Å². The van der Waals surface area contributed by atoms with Crippen molar-refractivity contribution in [2.75, 3.05) is 0 Å². The molecule has 0 saturated heterocycles. The monoisotopic (exact) mass is 181 g/mol. The Morgan fingerprint density at radius 1 is 1.15 bits per heavy atom. The molecule has 1 heteroatoms. The summed E-state index contributed by atoms with van der Waals surface area (Å²) in [6, 6.07) is 0. The third-order valence-corrected chi connectivity index (χ3v) is 4.40. The predicted molar refractivity (Wildman–Crippen MR) is 56.4 cm³/mol. The highest BCUT2D eigenvalue weighted by molar-refractivity contribution is 5.12. The first-order valence-electron chi connectivity index (χ1n) is 5.93. The highest BCUT2D eigenvalue weighted by atomic mass is 14.9. The van der Waals surface area contributed by atoms with Crippen molar-refractivity contribution in [3.05, 3.63) is 0 Å². The zero-order valence-corrected chi connectivity index (χ0v) is 9.05. The van der Waals surface area contributed by atoms with Crippen molar-refractivity contribution in [1.29, 1.82) is 0 Å². The van der Waals surface area contributed by atoms with Crippen molar-refractivity contribution >= 4 is 0 Å². The summed E-state index contributed by atoms with van der Waals surface area (Å²) in [5.41, 5.74) is 6.59. The van der Waals surface area contributed by atoms with E-state index in [0.29, 0.717) is 5.92 Å². The lowest BCUT2D eigenvalue weighted by Crippen LogP contribution is -2.33. The second-order valence-corrected chi connectivity index (χ2v) is 5.48. The molecule has 2 atom stereocenters. The zero-order valence-electron chi connectivity index (χ0n) is 9.05. The Bertz CT molecular complexity index is 182. The molecule has 0 bridgehead atoms. The molecule has 2 aliphatic carbocycles. The third-order valence-electron chi connectivity index (χ3n) is 4.40. The van der Waals surface area contributed by atoms with Crippen molar-refractivity contribution < 1.29 is 0 Å². The average Bonchev–Trinajstić information content (AvgIpc) is 2.81. The smallest absolute Gasteiger partial charge is 0.0212 e. The molecular weight excluding hydrogens is 158 g/mol. The average molecular weight is 181 g/mol. The zero-order chi connectivity index (χ0) is 9.47. The first-order chi connectivity index (χ1) is 6.14. The van der Waals surface area contributed by atoms with Gasteiger partial charge in [-0.15, -0.1) is 0 Å². The molecule has 1 nitrogen and oxygen atoms in total. The van der Waals surface area contributed by atoms with Crippen LogP contribution in [-0.2, 0) is 0 Å². The van der Waals surface area contributed by atoms with E-state index in [1.165, 1.54) is 38.5 Å². The lowest BCUT2D eigenvalue weighted by molar-refractivity contribution is 0.282. The van der Waals surface area contributed by atoms with Crippen molar-refractivity contribution in [3.63, 3.8) is 0 Å². The number of hydrogen-bond acceptors (Lipinski definition) is 1. The van der Waals surface area contributed by atoms with Gasteiger partial charge in [0.25, 0.3) is 0 Å². The van der Waals surface area contributed by atoms with Crippen LogP contribution in [0.1, 0.15) is 52.4 Å². The molecule has 2 aliphatic rings. The van der Waals surface area contributed by atoms with Crippen molar-refractivity contribution in [2.24, 2.45) is 23.5 Å². The minimum Gasteiger partial charge on any atom is -0.325 e. The lowest BCUT2D eigenvalue weighted by atomic mass is 9.82. The summed E-state index contributed by atoms with van der Waals surface area (Å²) < 4.78 is 0. The van der Waals surface area contributed by atoms with E-state index in [2.05, 4.69) is 13.8 Å². The van der Waals surface area contributed by atoms with Crippen LogP contribution < -0.4 is 5.73 Å². The van der Waals surface area contributed by atoms with E-state index in [4.69, 9.17) is 5.73 Å². The number of rotatable bonds is 2. The van der Waals surface area contributed by atoms with E-state index in [1.54, 1.807) is 0 Å². The summed E-state index contributed by atoms with van der Waals surface area (Å²) >= 11 is 0. The molecule has 0 aliphatic heterocycles. The first kappa shape index (κ1) is 9.51. The predicted octanol–water partition coefficient (Wildman–Crippen LogP) is 2.94. The Kier molecular flexibility index (Phi) is 2.39. The minimum absolute atomic E-state index is 0.224. The van der Waals surface area contributed by atoms with Gasteiger partial charge in [-0.1, -0.05) is 46.0 Å². The molecule has 0 aromatic rings. The van der Waals surface area contributed by atoms with E-state index in [-0.39, 0.29) is 5.54 Å². The SMILES string of the molecule is CC(C)C1(N)CC1C1CCCCC1. The molecule has 0 aromatic heterocycles. The van der Waals surface area contributed by atoms with Gasteiger partial charge in [-0.2, -0.15) is 0 Å². The van der Waals surface area contributed by atoms with Crippen LogP contribution in [0.2, 0.25) is 0 Å². The maximum atomic E-state index is 6.36. The Balaban J connectivity index is 1.90. The van der Waals surface area contributed by atoms with E-state index in [1.807, 2.05) is 0 Å². The largest absolute Gasteiger partial charge is 0.325 e. The van der Waals surface area contributed by atoms with E-state index < -0.39 is 0 Å². The van der Waals surface area contributed by atoms with Gasteiger partial charge in [0.1, 0.15) is 0 Å². The van der Waals surface area contributed by atoms with Gasteiger partial charge in [0.2, 0.25) is 0 Å². The van der Waals surface area contributed by atoms with E-state index in [0.717, 1.165) is 11.8 Å². The standard InChI is InChI=1S/C12H23N/c1-9(2)12(13)8-11(12)10-6-4-3-5-7-10/h9-11H,3-8,13H2,1-2H3. The normalized spacial score (nSPS) is 41.1. The van der Waals surface area contributed by atoms with Crippen LogP contribution in [0, 0.1) is 17.8 Å². The molecule has 2 unspecified atom stereocenters. The van der Waals surface area contributed by atoms with Crippen molar-refractivity contribution in [2.45, 2.75) is 57.9 Å². The highest BCUT2D eigenvalue weighted by Gasteiger charge is 2.55. The molecule has 0 spiro atoms. The lowest BCUT2D eigenvalue weighted by Gasteiger charge is -2.25. The molecule has 0 heterocycles. The van der Waals surface area contributed by atoms with Crippen molar-refractivity contribution in [1.82, 2.24) is 0 Å². The van der Waals surface area contributed by atoms with Gasteiger partial charge < -0.3 is 5.73 Å². The van der Waals surface area contributed by atoms with Gasteiger partial charge in [0.05, 0.1) is 0 Å².